The van der Waals surface area contributed by atoms with Gasteiger partial charge in [-0.15, -0.1) is 0 Å². The average molecular weight is 450 g/mol. The minimum absolute atomic E-state index is 0.0442. The second-order valence-corrected chi connectivity index (χ2v) is 8.81. The van der Waals surface area contributed by atoms with Crippen LogP contribution in [-0.2, 0) is 4.79 Å². The first-order chi connectivity index (χ1) is 15.5. The number of hydrogen-bond donors (Lipinski definition) is 0. The molecule has 2 saturated heterocycles. The Bertz CT molecular complexity index is 1230. The first-order valence-electron chi connectivity index (χ1n) is 10.8. The van der Waals surface area contributed by atoms with Crippen molar-refractivity contribution in [3.05, 3.63) is 59.2 Å². The molecule has 1 aromatic heterocycles. The standard InChI is InChI=1S/C25H24ClN3O3/c1-15-24(30)28-11-5-6-17(28)14-29(15)25(31)21-10-4-7-18-19(21)8-3-9-20(18)22-12-16(26)13-27-23(22)32-2/h3-4,7-10,12-13,15,17H,5-6,11,14H2,1-2H3/t15-,17-/m1/s1. The molecule has 0 bridgehead atoms. The molecule has 2 atom stereocenters. The summed E-state index contributed by atoms with van der Waals surface area (Å²) in [5.74, 6) is 0.398. The van der Waals surface area contributed by atoms with E-state index in [1.807, 2.05) is 54.3 Å². The molecular formula is C25H24ClN3O3. The second kappa shape index (κ2) is 8.10. The molecular weight excluding hydrogens is 426 g/mol. The predicted molar refractivity (Wildman–Crippen MR) is 124 cm³/mol. The Morgan fingerprint density at radius 1 is 1.16 bits per heavy atom. The van der Waals surface area contributed by atoms with Gasteiger partial charge in [0.2, 0.25) is 11.8 Å². The number of carbonyl (C=O) groups excluding carboxylic acids is 2. The number of rotatable bonds is 3. The molecule has 2 aliphatic heterocycles. The van der Waals surface area contributed by atoms with Crippen LogP contribution in [0.1, 0.15) is 30.1 Å². The maximum atomic E-state index is 13.7. The van der Waals surface area contributed by atoms with Crippen molar-refractivity contribution in [1.29, 1.82) is 0 Å². The molecule has 6 nitrogen and oxygen atoms in total. The Kier molecular flexibility index (Phi) is 5.25. The first-order valence-corrected chi connectivity index (χ1v) is 11.2. The Balaban J connectivity index is 1.59. The number of halogens is 1. The van der Waals surface area contributed by atoms with Crippen LogP contribution in [0.5, 0.6) is 5.88 Å². The molecule has 164 valence electrons. The summed E-state index contributed by atoms with van der Waals surface area (Å²) >= 11 is 6.22. The molecule has 0 aliphatic carbocycles. The van der Waals surface area contributed by atoms with E-state index in [0.29, 0.717) is 23.0 Å². The summed E-state index contributed by atoms with van der Waals surface area (Å²) < 4.78 is 5.46. The molecule has 3 aromatic rings. The van der Waals surface area contributed by atoms with Crippen molar-refractivity contribution in [1.82, 2.24) is 14.8 Å². The number of pyridine rings is 1. The quantitative estimate of drug-likeness (QED) is 0.594. The number of amides is 2. The van der Waals surface area contributed by atoms with Gasteiger partial charge in [0.05, 0.1) is 12.1 Å². The molecule has 0 radical (unpaired) electrons. The van der Waals surface area contributed by atoms with Crippen molar-refractivity contribution in [3.8, 4) is 17.0 Å². The van der Waals surface area contributed by atoms with E-state index in [1.54, 1.807) is 18.2 Å². The number of benzene rings is 2. The number of piperazine rings is 1. The van der Waals surface area contributed by atoms with Crippen LogP contribution in [0.2, 0.25) is 5.02 Å². The minimum Gasteiger partial charge on any atom is -0.481 e. The van der Waals surface area contributed by atoms with Crippen molar-refractivity contribution < 1.29 is 14.3 Å². The van der Waals surface area contributed by atoms with Gasteiger partial charge < -0.3 is 14.5 Å². The van der Waals surface area contributed by atoms with Gasteiger partial charge >= 0.3 is 0 Å². The van der Waals surface area contributed by atoms with Gasteiger partial charge in [-0.25, -0.2) is 4.98 Å². The third kappa shape index (κ3) is 3.30. The number of aromatic nitrogens is 1. The van der Waals surface area contributed by atoms with Crippen molar-refractivity contribution in [2.75, 3.05) is 20.2 Å². The molecule has 5 rings (SSSR count). The van der Waals surface area contributed by atoms with Crippen LogP contribution in [0, 0.1) is 0 Å². The van der Waals surface area contributed by atoms with E-state index in [9.17, 15) is 9.59 Å². The molecule has 2 aliphatic rings. The summed E-state index contributed by atoms with van der Waals surface area (Å²) in [6.07, 6.45) is 3.49. The summed E-state index contributed by atoms with van der Waals surface area (Å²) in [4.78, 5) is 34.5. The monoisotopic (exact) mass is 449 g/mol. The number of fused-ring (bicyclic) bond motifs is 2. The Labute approximate surface area is 191 Å². The van der Waals surface area contributed by atoms with E-state index in [4.69, 9.17) is 16.3 Å². The summed E-state index contributed by atoms with van der Waals surface area (Å²) in [7, 11) is 1.57. The highest BCUT2D eigenvalue weighted by Gasteiger charge is 2.42. The average Bonchev–Trinajstić information content (AvgIpc) is 3.29. The topological polar surface area (TPSA) is 62.7 Å². The SMILES string of the molecule is COc1ncc(Cl)cc1-c1cccc2c(C(=O)N3C[C@H]4CCCN4C(=O)[C@H]3C)cccc12. The van der Waals surface area contributed by atoms with Gasteiger partial charge in [-0.05, 0) is 48.2 Å². The summed E-state index contributed by atoms with van der Waals surface area (Å²) in [6.45, 7) is 3.20. The molecule has 0 spiro atoms. The number of methoxy groups -OCH3 is 1. The lowest BCUT2D eigenvalue weighted by Gasteiger charge is -2.41. The van der Waals surface area contributed by atoms with Gasteiger partial charge in [0, 0.05) is 36.5 Å². The lowest BCUT2D eigenvalue weighted by atomic mass is 9.95. The van der Waals surface area contributed by atoms with Crippen LogP contribution >= 0.6 is 11.6 Å². The Morgan fingerprint density at radius 2 is 1.94 bits per heavy atom. The lowest BCUT2D eigenvalue weighted by molar-refractivity contribution is -0.141. The molecule has 3 heterocycles. The van der Waals surface area contributed by atoms with Crippen molar-refractivity contribution in [2.45, 2.75) is 31.8 Å². The van der Waals surface area contributed by atoms with E-state index in [1.165, 1.54) is 0 Å². The molecule has 2 fully saturated rings. The largest absolute Gasteiger partial charge is 0.481 e. The fourth-order valence-corrected chi connectivity index (χ4v) is 5.16. The van der Waals surface area contributed by atoms with Crippen molar-refractivity contribution in [3.63, 3.8) is 0 Å². The summed E-state index contributed by atoms with van der Waals surface area (Å²) in [6, 6.07) is 13.0. The zero-order chi connectivity index (χ0) is 22.4. The van der Waals surface area contributed by atoms with E-state index in [-0.39, 0.29) is 17.9 Å². The molecule has 2 aromatic carbocycles. The van der Waals surface area contributed by atoms with Gasteiger partial charge in [-0.1, -0.05) is 41.9 Å². The lowest BCUT2D eigenvalue weighted by Crippen LogP contribution is -2.60. The third-order valence-corrected chi connectivity index (χ3v) is 6.81. The zero-order valence-corrected chi connectivity index (χ0v) is 18.8. The van der Waals surface area contributed by atoms with Crippen molar-refractivity contribution in [2.24, 2.45) is 0 Å². The smallest absolute Gasteiger partial charge is 0.255 e. The molecule has 0 N–H and O–H groups in total. The highest BCUT2D eigenvalue weighted by Crippen LogP contribution is 2.37. The van der Waals surface area contributed by atoms with Crippen LogP contribution in [0.15, 0.2) is 48.7 Å². The van der Waals surface area contributed by atoms with Crippen molar-refractivity contribution >= 4 is 34.2 Å². The van der Waals surface area contributed by atoms with E-state index in [2.05, 4.69) is 4.98 Å². The van der Waals surface area contributed by atoms with E-state index >= 15 is 0 Å². The predicted octanol–water partition coefficient (Wildman–Crippen LogP) is 4.40. The first kappa shape index (κ1) is 20.8. The van der Waals surface area contributed by atoms with Crippen LogP contribution in [-0.4, -0.2) is 58.9 Å². The number of carbonyl (C=O) groups is 2. The van der Waals surface area contributed by atoms with E-state index < -0.39 is 6.04 Å². The van der Waals surface area contributed by atoms with Gasteiger partial charge in [0.25, 0.3) is 5.91 Å². The third-order valence-electron chi connectivity index (χ3n) is 6.61. The normalized spacial score (nSPS) is 20.5. The molecule has 2 amide bonds. The zero-order valence-electron chi connectivity index (χ0n) is 18.0. The fraction of sp³-hybridized carbons (Fsp3) is 0.320. The highest BCUT2D eigenvalue weighted by atomic mass is 35.5. The Morgan fingerprint density at radius 3 is 2.75 bits per heavy atom. The minimum atomic E-state index is -0.465. The maximum absolute atomic E-state index is 13.7. The number of ether oxygens (including phenoxy) is 1. The van der Waals surface area contributed by atoms with E-state index in [0.717, 1.165) is 41.3 Å². The van der Waals surface area contributed by atoms with Crippen LogP contribution < -0.4 is 4.74 Å². The van der Waals surface area contributed by atoms with Crippen LogP contribution in [0.4, 0.5) is 0 Å². The van der Waals surface area contributed by atoms with Gasteiger partial charge in [0.15, 0.2) is 0 Å². The number of nitrogens with zero attached hydrogens (tertiary/aromatic N) is 3. The highest BCUT2D eigenvalue weighted by molar-refractivity contribution is 6.30. The molecule has 0 saturated carbocycles. The Hall–Kier alpha value is -3.12. The maximum Gasteiger partial charge on any atom is 0.255 e. The van der Waals surface area contributed by atoms with Gasteiger partial charge in [0.1, 0.15) is 6.04 Å². The summed E-state index contributed by atoms with van der Waals surface area (Å²) in [5, 5.41) is 2.23. The fourth-order valence-electron chi connectivity index (χ4n) is 5.00. The molecule has 32 heavy (non-hydrogen) atoms. The van der Waals surface area contributed by atoms with Crippen LogP contribution in [0.25, 0.3) is 21.9 Å². The van der Waals surface area contributed by atoms with Gasteiger partial charge in [-0.2, -0.15) is 0 Å². The summed E-state index contributed by atoms with van der Waals surface area (Å²) in [5.41, 5.74) is 2.23. The molecule has 0 unspecified atom stereocenters. The number of hydrogen-bond acceptors (Lipinski definition) is 4. The van der Waals surface area contributed by atoms with Crippen LogP contribution in [0.3, 0.4) is 0 Å². The van der Waals surface area contributed by atoms with Gasteiger partial charge in [-0.3, -0.25) is 9.59 Å². The second-order valence-electron chi connectivity index (χ2n) is 8.38. The molecule has 7 heteroatoms.